The summed E-state index contributed by atoms with van der Waals surface area (Å²) < 4.78 is 0. The lowest BCUT2D eigenvalue weighted by molar-refractivity contribution is -0.132. The SMILES string of the molecule is C#CCNCC(=O)N1CCCN(C(=O)CC)CC1. The van der Waals surface area contributed by atoms with Crippen molar-refractivity contribution in [1.82, 2.24) is 15.1 Å². The van der Waals surface area contributed by atoms with E-state index in [0.29, 0.717) is 32.6 Å². The Balaban J connectivity index is 2.39. The molecule has 0 saturated carbocycles. The minimum atomic E-state index is 0.0519. The van der Waals surface area contributed by atoms with E-state index < -0.39 is 0 Å². The third-order valence-electron chi connectivity index (χ3n) is 3.01. The summed E-state index contributed by atoms with van der Waals surface area (Å²) in [6.45, 7) is 5.24. The smallest absolute Gasteiger partial charge is 0.236 e. The second-order valence-corrected chi connectivity index (χ2v) is 4.28. The van der Waals surface area contributed by atoms with Gasteiger partial charge in [-0.05, 0) is 6.42 Å². The summed E-state index contributed by atoms with van der Waals surface area (Å²) in [6, 6.07) is 0. The Bertz CT molecular complexity index is 336. The van der Waals surface area contributed by atoms with Gasteiger partial charge in [0.05, 0.1) is 13.1 Å². The van der Waals surface area contributed by atoms with Crippen LogP contribution in [-0.2, 0) is 9.59 Å². The van der Waals surface area contributed by atoms with Crippen LogP contribution in [0.3, 0.4) is 0 Å². The fourth-order valence-corrected chi connectivity index (χ4v) is 1.99. The van der Waals surface area contributed by atoms with Gasteiger partial charge in [0.15, 0.2) is 0 Å². The molecule has 1 rings (SSSR count). The number of carbonyl (C=O) groups excluding carboxylic acids is 2. The molecule has 1 aliphatic rings. The molecular weight excluding hydrogens is 230 g/mol. The zero-order chi connectivity index (χ0) is 13.4. The summed E-state index contributed by atoms with van der Waals surface area (Å²) in [7, 11) is 0. The monoisotopic (exact) mass is 251 g/mol. The molecule has 0 aromatic heterocycles. The fourth-order valence-electron chi connectivity index (χ4n) is 1.99. The maximum absolute atomic E-state index is 11.9. The van der Waals surface area contributed by atoms with Gasteiger partial charge in [-0.25, -0.2) is 0 Å². The molecular formula is C13H21N3O2. The summed E-state index contributed by atoms with van der Waals surface area (Å²) in [5.41, 5.74) is 0. The highest BCUT2D eigenvalue weighted by Gasteiger charge is 2.20. The first-order valence-electron chi connectivity index (χ1n) is 6.38. The van der Waals surface area contributed by atoms with Crippen molar-refractivity contribution in [3.8, 4) is 12.3 Å². The molecule has 5 heteroatoms. The number of hydrogen-bond acceptors (Lipinski definition) is 3. The first kappa shape index (κ1) is 14.5. The number of terminal acetylenes is 1. The quantitative estimate of drug-likeness (QED) is 0.550. The van der Waals surface area contributed by atoms with Crippen molar-refractivity contribution in [2.45, 2.75) is 19.8 Å². The minimum Gasteiger partial charge on any atom is -0.341 e. The third kappa shape index (κ3) is 4.38. The summed E-state index contributed by atoms with van der Waals surface area (Å²) in [5, 5.41) is 2.89. The summed E-state index contributed by atoms with van der Waals surface area (Å²) >= 11 is 0. The highest BCUT2D eigenvalue weighted by atomic mass is 16.2. The van der Waals surface area contributed by atoms with E-state index in [1.807, 2.05) is 11.8 Å². The number of rotatable bonds is 4. The number of nitrogens with one attached hydrogen (secondary N) is 1. The molecule has 1 N–H and O–H groups in total. The maximum atomic E-state index is 11.9. The van der Waals surface area contributed by atoms with Crippen molar-refractivity contribution in [3.05, 3.63) is 0 Å². The van der Waals surface area contributed by atoms with Gasteiger partial charge in [-0.15, -0.1) is 6.42 Å². The van der Waals surface area contributed by atoms with E-state index >= 15 is 0 Å². The van der Waals surface area contributed by atoms with Crippen molar-refractivity contribution < 1.29 is 9.59 Å². The van der Waals surface area contributed by atoms with Crippen molar-refractivity contribution in [2.75, 3.05) is 39.3 Å². The van der Waals surface area contributed by atoms with Crippen molar-refractivity contribution in [3.63, 3.8) is 0 Å². The van der Waals surface area contributed by atoms with Gasteiger partial charge in [0.25, 0.3) is 0 Å². The zero-order valence-electron chi connectivity index (χ0n) is 10.9. The van der Waals surface area contributed by atoms with Crippen LogP contribution in [0.1, 0.15) is 19.8 Å². The molecule has 2 amide bonds. The van der Waals surface area contributed by atoms with Crippen molar-refractivity contribution in [2.24, 2.45) is 0 Å². The molecule has 0 unspecified atom stereocenters. The van der Waals surface area contributed by atoms with Crippen LogP contribution in [0.5, 0.6) is 0 Å². The average Bonchev–Trinajstić information content (AvgIpc) is 2.63. The molecule has 1 fully saturated rings. The molecule has 1 saturated heterocycles. The van der Waals surface area contributed by atoms with E-state index in [2.05, 4.69) is 11.2 Å². The number of carbonyl (C=O) groups is 2. The van der Waals surface area contributed by atoms with Crippen LogP contribution in [0.25, 0.3) is 0 Å². The Morgan fingerprint density at radius 1 is 1.17 bits per heavy atom. The number of nitrogens with zero attached hydrogens (tertiary/aromatic N) is 2. The summed E-state index contributed by atoms with van der Waals surface area (Å²) in [4.78, 5) is 27.1. The Hall–Kier alpha value is -1.54. The van der Waals surface area contributed by atoms with Crippen LogP contribution >= 0.6 is 0 Å². The van der Waals surface area contributed by atoms with Gasteiger partial charge in [0.1, 0.15) is 0 Å². The topological polar surface area (TPSA) is 52.7 Å². The Kier molecular flexibility index (Phi) is 6.23. The third-order valence-corrected chi connectivity index (χ3v) is 3.01. The maximum Gasteiger partial charge on any atom is 0.236 e. The van der Waals surface area contributed by atoms with Crippen LogP contribution in [0.4, 0.5) is 0 Å². The molecule has 0 atom stereocenters. The zero-order valence-corrected chi connectivity index (χ0v) is 10.9. The fraction of sp³-hybridized carbons (Fsp3) is 0.692. The van der Waals surface area contributed by atoms with E-state index in [0.717, 1.165) is 13.0 Å². The molecule has 100 valence electrons. The Labute approximate surface area is 109 Å². The Morgan fingerprint density at radius 3 is 2.33 bits per heavy atom. The first-order chi connectivity index (χ1) is 8.69. The van der Waals surface area contributed by atoms with Gasteiger partial charge in [0, 0.05) is 32.6 Å². The predicted octanol–water partition coefficient (Wildman–Crippen LogP) is -0.320. The van der Waals surface area contributed by atoms with E-state index in [1.165, 1.54) is 0 Å². The van der Waals surface area contributed by atoms with Gasteiger partial charge in [-0.3, -0.25) is 14.9 Å². The second-order valence-electron chi connectivity index (χ2n) is 4.28. The van der Waals surface area contributed by atoms with Gasteiger partial charge in [-0.2, -0.15) is 0 Å². The molecule has 1 heterocycles. The largest absolute Gasteiger partial charge is 0.341 e. The van der Waals surface area contributed by atoms with Crippen molar-refractivity contribution >= 4 is 11.8 Å². The van der Waals surface area contributed by atoms with Crippen molar-refractivity contribution in [1.29, 1.82) is 0 Å². The van der Waals surface area contributed by atoms with E-state index in [1.54, 1.807) is 4.90 Å². The highest BCUT2D eigenvalue weighted by molar-refractivity contribution is 5.79. The number of amides is 2. The normalized spacial score (nSPS) is 16.0. The average molecular weight is 251 g/mol. The highest BCUT2D eigenvalue weighted by Crippen LogP contribution is 2.05. The molecule has 1 aliphatic heterocycles. The molecule has 18 heavy (non-hydrogen) atoms. The standard InChI is InChI=1S/C13H21N3O2/c1-3-6-14-11-13(18)16-8-5-7-15(9-10-16)12(17)4-2/h1,14H,4-11H2,2H3. The molecule has 0 bridgehead atoms. The van der Waals surface area contributed by atoms with Gasteiger partial charge in [0.2, 0.25) is 11.8 Å². The molecule has 0 aliphatic carbocycles. The van der Waals surface area contributed by atoms with Gasteiger partial charge < -0.3 is 9.80 Å². The molecule has 0 aromatic rings. The first-order valence-corrected chi connectivity index (χ1v) is 6.38. The van der Waals surface area contributed by atoms with E-state index in [9.17, 15) is 9.59 Å². The molecule has 0 radical (unpaired) electrons. The van der Waals surface area contributed by atoms with Crippen LogP contribution < -0.4 is 5.32 Å². The van der Waals surface area contributed by atoms with E-state index in [-0.39, 0.29) is 18.4 Å². The summed E-state index contributed by atoms with van der Waals surface area (Å²) in [5.74, 6) is 2.65. The van der Waals surface area contributed by atoms with Gasteiger partial charge >= 0.3 is 0 Å². The Morgan fingerprint density at radius 2 is 1.78 bits per heavy atom. The molecule has 0 aromatic carbocycles. The van der Waals surface area contributed by atoms with Crippen LogP contribution in [0.15, 0.2) is 0 Å². The lowest BCUT2D eigenvalue weighted by atomic mass is 10.3. The lowest BCUT2D eigenvalue weighted by Crippen LogP contribution is -2.41. The second kappa shape index (κ2) is 7.72. The van der Waals surface area contributed by atoms with Gasteiger partial charge in [-0.1, -0.05) is 12.8 Å². The summed E-state index contributed by atoms with van der Waals surface area (Å²) in [6.07, 6.45) is 6.47. The predicted molar refractivity (Wildman–Crippen MR) is 69.8 cm³/mol. The van der Waals surface area contributed by atoms with E-state index in [4.69, 9.17) is 6.42 Å². The lowest BCUT2D eigenvalue weighted by Gasteiger charge is -2.22. The minimum absolute atomic E-state index is 0.0519. The van der Waals surface area contributed by atoms with Crippen LogP contribution in [-0.4, -0.2) is 60.9 Å². The molecule has 5 nitrogen and oxygen atoms in total. The number of hydrogen-bond donors (Lipinski definition) is 1. The van der Waals surface area contributed by atoms with Crippen LogP contribution in [0, 0.1) is 12.3 Å². The van der Waals surface area contributed by atoms with Crippen LogP contribution in [0.2, 0.25) is 0 Å². The molecule has 0 spiro atoms.